The Hall–Kier alpha value is -1.52. The fourth-order valence-corrected chi connectivity index (χ4v) is 3.17. The lowest BCUT2D eigenvalue weighted by Gasteiger charge is -2.32. The van der Waals surface area contributed by atoms with Gasteiger partial charge in [-0.25, -0.2) is 0 Å². The van der Waals surface area contributed by atoms with Crippen molar-refractivity contribution >= 4 is 5.96 Å². The number of nitrogens with one attached hydrogen (secondary N) is 2. The molecule has 2 N–H and O–H groups in total. The van der Waals surface area contributed by atoms with E-state index in [1.807, 2.05) is 13.1 Å². The standard InChI is InChI=1S/C18H32N4O/c1-12(2)14-6-8-15(9-7-14)21-18(19-5)20-11-16-10-17(13(3)4)22-23-16/h10,12-15H,6-9,11H2,1-5H3,(H2,19,20,21). The minimum atomic E-state index is 0.390. The second-order valence-corrected chi connectivity index (χ2v) is 7.30. The Labute approximate surface area is 140 Å². The van der Waals surface area contributed by atoms with Gasteiger partial charge in [0, 0.05) is 19.2 Å². The Balaban J connectivity index is 1.77. The first kappa shape index (κ1) is 17.8. The van der Waals surface area contributed by atoms with E-state index < -0.39 is 0 Å². The van der Waals surface area contributed by atoms with Crippen LogP contribution < -0.4 is 10.6 Å². The van der Waals surface area contributed by atoms with E-state index in [0.29, 0.717) is 18.5 Å². The predicted molar refractivity (Wildman–Crippen MR) is 94.5 cm³/mol. The van der Waals surface area contributed by atoms with Gasteiger partial charge in [-0.15, -0.1) is 0 Å². The summed E-state index contributed by atoms with van der Waals surface area (Å²) in [5.41, 5.74) is 0.997. The molecule has 0 aromatic carbocycles. The molecule has 0 saturated heterocycles. The predicted octanol–water partition coefficient (Wildman–Crippen LogP) is 3.68. The van der Waals surface area contributed by atoms with Crippen molar-refractivity contribution in [2.24, 2.45) is 16.8 Å². The number of nitrogens with zero attached hydrogens (tertiary/aromatic N) is 2. The van der Waals surface area contributed by atoms with Crippen molar-refractivity contribution in [1.29, 1.82) is 0 Å². The molecule has 5 heteroatoms. The van der Waals surface area contributed by atoms with Crippen LogP contribution in [0.25, 0.3) is 0 Å². The lowest BCUT2D eigenvalue weighted by molar-refractivity contribution is 0.250. The molecule has 1 aromatic heterocycles. The molecule has 0 radical (unpaired) electrons. The van der Waals surface area contributed by atoms with Crippen LogP contribution in [0.5, 0.6) is 0 Å². The third-order valence-electron chi connectivity index (χ3n) is 4.88. The van der Waals surface area contributed by atoms with Gasteiger partial charge in [-0.1, -0.05) is 32.9 Å². The normalized spacial score (nSPS) is 22.7. The molecule has 23 heavy (non-hydrogen) atoms. The summed E-state index contributed by atoms with van der Waals surface area (Å²) in [5.74, 6) is 3.77. The summed E-state index contributed by atoms with van der Waals surface area (Å²) in [5, 5.41) is 11.0. The molecule has 130 valence electrons. The molecular weight excluding hydrogens is 288 g/mol. The Kier molecular flexibility index (Phi) is 6.48. The van der Waals surface area contributed by atoms with E-state index in [9.17, 15) is 0 Å². The van der Waals surface area contributed by atoms with Crippen LogP contribution in [-0.2, 0) is 6.54 Å². The van der Waals surface area contributed by atoms with E-state index in [0.717, 1.165) is 29.2 Å². The van der Waals surface area contributed by atoms with Crippen LogP contribution in [0.4, 0.5) is 0 Å². The van der Waals surface area contributed by atoms with E-state index >= 15 is 0 Å². The second-order valence-electron chi connectivity index (χ2n) is 7.30. The van der Waals surface area contributed by atoms with E-state index in [2.05, 4.69) is 48.5 Å². The van der Waals surface area contributed by atoms with Crippen LogP contribution in [0.3, 0.4) is 0 Å². The van der Waals surface area contributed by atoms with Gasteiger partial charge in [0.25, 0.3) is 0 Å². The fraction of sp³-hybridized carbons (Fsp3) is 0.778. The lowest BCUT2D eigenvalue weighted by atomic mass is 9.80. The molecule has 0 unspecified atom stereocenters. The summed E-state index contributed by atoms with van der Waals surface area (Å²) in [6.45, 7) is 9.51. The molecule has 1 saturated carbocycles. The summed E-state index contributed by atoms with van der Waals surface area (Å²) >= 11 is 0. The van der Waals surface area contributed by atoms with Gasteiger partial charge in [0.05, 0.1) is 12.2 Å². The molecule has 1 heterocycles. The molecule has 2 rings (SSSR count). The maximum absolute atomic E-state index is 5.36. The first-order valence-corrected chi connectivity index (χ1v) is 8.92. The van der Waals surface area contributed by atoms with Crippen molar-refractivity contribution in [2.45, 2.75) is 71.9 Å². The molecule has 1 aromatic rings. The Morgan fingerprint density at radius 3 is 2.48 bits per heavy atom. The minimum absolute atomic E-state index is 0.390. The number of rotatable bonds is 5. The van der Waals surface area contributed by atoms with Gasteiger partial charge >= 0.3 is 0 Å². The topological polar surface area (TPSA) is 62.5 Å². The van der Waals surface area contributed by atoms with Crippen LogP contribution in [0.15, 0.2) is 15.6 Å². The monoisotopic (exact) mass is 320 g/mol. The van der Waals surface area contributed by atoms with E-state index in [1.165, 1.54) is 25.7 Å². The SMILES string of the molecule is CN=C(NCc1cc(C(C)C)no1)NC1CCC(C(C)C)CC1. The van der Waals surface area contributed by atoms with Crippen LogP contribution >= 0.6 is 0 Å². The highest BCUT2D eigenvalue weighted by Gasteiger charge is 2.23. The average molecular weight is 320 g/mol. The van der Waals surface area contributed by atoms with Crippen molar-refractivity contribution in [3.8, 4) is 0 Å². The van der Waals surface area contributed by atoms with Gasteiger partial charge in [0.2, 0.25) is 0 Å². The third kappa shape index (κ3) is 5.26. The summed E-state index contributed by atoms with van der Waals surface area (Å²) in [7, 11) is 1.81. The van der Waals surface area contributed by atoms with Crippen molar-refractivity contribution in [3.05, 3.63) is 17.5 Å². The lowest BCUT2D eigenvalue weighted by Crippen LogP contribution is -2.44. The fourth-order valence-electron chi connectivity index (χ4n) is 3.17. The Morgan fingerprint density at radius 2 is 1.96 bits per heavy atom. The van der Waals surface area contributed by atoms with Gasteiger partial charge in [0.1, 0.15) is 0 Å². The molecule has 0 atom stereocenters. The van der Waals surface area contributed by atoms with E-state index in [1.54, 1.807) is 0 Å². The van der Waals surface area contributed by atoms with Crippen molar-refractivity contribution < 1.29 is 4.52 Å². The number of hydrogen-bond donors (Lipinski definition) is 2. The average Bonchev–Trinajstić information content (AvgIpc) is 3.01. The summed E-state index contributed by atoms with van der Waals surface area (Å²) < 4.78 is 5.36. The molecule has 1 fully saturated rings. The molecular formula is C18H32N4O. The first-order valence-electron chi connectivity index (χ1n) is 8.92. The largest absolute Gasteiger partial charge is 0.359 e. The summed E-state index contributed by atoms with van der Waals surface area (Å²) in [4.78, 5) is 4.33. The zero-order chi connectivity index (χ0) is 16.8. The molecule has 0 aliphatic heterocycles. The quantitative estimate of drug-likeness (QED) is 0.642. The number of aliphatic imine (C=N–C) groups is 1. The zero-order valence-corrected chi connectivity index (χ0v) is 15.2. The van der Waals surface area contributed by atoms with E-state index in [-0.39, 0.29) is 0 Å². The van der Waals surface area contributed by atoms with Crippen LogP contribution in [0, 0.1) is 11.8 Å². The maximum Gasteiger partial charge on any atom is 0.191 e. The smallest absolute Gasteiger partial charge is 0.191 e. The van der Waals surface area contributed by atoms with Crippen molar-refractivity contribution in [1.82, 2.24) is 15.8 Å². The van der Waals surface area contributed by atoms with Gasteiger partial charge in [0.15, 0.2) is 11.7 Å². The molecule has 0 bridgehead atoms. The number of aromatic nitrogens is 1. The van der Waals surface area contributed by atoms with Gasteiger partial charge in [-0.05, 0) is 43.4 Å². The molecule has 1 aliphatic rings. The molecule has 5 nitrogen and oxygen atoms in total. The van der Waals surface area contributed by atoms with Crippen LogP contribution in [0.1, 0.15) is 70.8 Å². The summed E-state index contributed by atoms with van der Waals surface area (Å²) in [6, 6.07) is 2.54. The van der Waals surface area contributed by atoms with Crippen molar-refractivity contribution in [2.75, 3.05) is 7.05 Å². The molecule has 1 aliphatic carbocycles. The highest BCUT2D eigenvalue weighted by Crippen LogP contribution is 2.29. The van der Waals surface area contributed by atoms with Crippen LogP contribution in [-0.4, -0.2) is 24.2 Å². The highest BCUT2D eigenvalue weighted by molar-refractivity contribution is 5.79. The zero-order valence-electron chi connectivity index (χ0n) is 15.2. The molecule has 0 amide bonds. The number of hydrogen-bond acceptors (Lipinski definition) is 3. The van der Waals surface area contributed by atoms with Gasteiger partial charge in [-0.3, -0.25) is 4.99 Å². The van der Waals surface area contributed by atoms with Gasteiger partial charge < -0.3 is 15.2 Å². The van der Waals surface area contributed by atoms with E-state index in [4.69, 9.17) is 4.52 Å². The highest BCUT2D eigenvalue weighted by atomic mass is 16.5. The van der Waals surface area contributed by atoms with Crippen molar-refractivity contribution in [3.63, 3.8) is 0 Å². The Morgan fingerprint density at radius 1 is 1.26 bits per heavy atom. The maximum atomic E-state index is 5.36. The first-order chi connectivity index (χ1) is 11.0. The minimum Gasteiger partial charge on any atom is -0.359 e. The third-order valence-corrected chi connectivity index (χ3v) is 4.88. The van der Waals surface area contributed by atoms with Gasteiger partial charge in [-0.2, -0.15) is 0 Å². The summed E-state index contributed by atoms with van der Waals surface area (Å²) in [6.07, 6.45) is 5.07. The second kappa shape index (κ2) is 8.37. The molecule has 0 spiro atoms. The number of guanidine groups is 1. The van der Waals surface area contributed by atoms with Crippen LogP contribution in [0.2, 0.25) is 0 Å². The Bertz CT molecular complexity index is 499.